The van der Waals surface area contributed by atoms with Crippen molar-refractivity contribution in [2.45, 2.75) is 62.8 Å². The third-order valence-corrected chi connectivity index (χ3v) is 4.92. The maximum atomic E-state index is 6.31. The minimum absolute atomic E-state index is 0.102. The van der Waals surface area contributed by atoms with E-state index in [1.54, 1.807) is 0 Å². The Labute approximate surface area is 139 Å². The Morgan fingerprint density at radius 2 is 2.09 bits per heavy atom. The van der Waals surface area contributed by atoms with E-state index in [4.69, 9.17) is 9.47 Å². The molecule has 0 bridgehead atoms. The number of hydrogen-bond donors (Lipinski definition) is 0. The molecule has 2 nitrogen and oxygen atoms in total. The summed E-state index contributed by atoms with van der Waals surface area (Å²) >= 11 is 0. The minimum atomic E-state index is -0.491. The first-order valence-corrected chi connectivity index (χ1v) is 8.75. The molecule has 0 amide bonds. The lowest BCUT2D eigenvalue weighted by atomic mass is 9.72. The molecule has 1 aromatic carbocycles. The molecule has 3 atom stereocenters. The van der Waals surface area contributed by atoms with Crippen molar-refractivity contribution in [3.05, 3.63) is 48.6 Å². The quantitative estimate of drug-likeness (QED) is 0.442. The minimum Gasteiger partial charge on any atom is -0.357 e. The second-order valence-corrected chi connectivity index (χ2v) is 6.48. The van der Waals surface area contributed by atoms with Crippen molar-refractivity contribution in [1.82, 2.24) is 0 Å². The maximum Gasteiger partial charge on any atom is 0.160 e. The molecule has 122 valence electrons. The van der Waals surface area contributed by atoms with Gasteiger partial charge in [-0.3, -0.25) is 0 Å². The SMILES string of the molecule is C=CCO[C@]1(C#CCCC)CCCC[C@]12O[C@H]2c1ccccc1. The molecular formula is C21H26O2. The van der Waals surface area contributed by atoms with E-state index >= 15 is 0 Å². The first-order chi connectivity index (χ1) is 11.3. The van der Waals surface area contributed by atoms with Gasteiger partial charge >= 0.3 is 0 Å². The molecule has 23 heavy (non-hydrogen) atoms. The molecule has 3 rings (SSSR count). The molecule has 0 N–H and O–H groups in total. The zero-order valence-electron chi connectivity index (χ0n) is 14.0. The molecule has 1 aliphatic carbocycles. The second-order valence-electron chi connectivity index (χ2n) is 6.48. The van der Waals surface area contributed by atoms with Gasteiger partial charge in [-0.25, -0.2) is 0 Å². The first-order valence-electron chi connectivity index (χ1n) is 8.75. The van der Waals surface area contributed by atoms with Gasteiger partial charge in [0.25, 0.3) is 0 Å². The molecule has 1 aliphatic heterocycles. The van der Waals surface area contributed by atoms with E-state index < -0.39 is 5.60 Å². The van der Waals surface area contributed by atoms with Crippen LogP contribution in [0.4, 0.5) is 0 Å². The van der Waals surface area contributed by atoms with E-state index in [0.717, 1.165) is 32.1 Å². The van der Waals surface area contributed by atoms with Crippen LogP contribution < -0.4 is 0 Å². The highest BCUT2D eigenvalue weighted by Gasteiger charge is 2.70. The highest BCUT2D eigenvalue weighted by Crippen LogP contribution is 2.63. The van der Waals surface area contributed by atoms with Gasteiger partial charge in [0.05, 0.1) is 6.61 Å². The second kappa shape index (κ2) is 6.91. The lowest BCUT2D eigenvalue weighted by Crippen LogP contribution is -2.49. The van der Waals surface area contributed by atoms with Gasteiger partial charge in [0.2, 0.25) is 0 Å². The van der Waals surface area contributed by atoms with E-state index in [1.807, 2.05) is 12.1 Å². The molecule has 1 heterocycles. The molecule has 1 saturated heterocycles. The van der Waals surface area contributed by atoms with Crippen LogP contribution in [0.1, 0.15) is 57.1 Å². The van der Waals surface area contributed by atoms with Gasteiger partial charge in [-0.1, -0.05) is 55.7 Å². The van der Waals surface area contributed by atoms with Crippen LogP contribution >= 0.6 is 0 Å². The van der Waals surface area contributed by atoms with Gasteiger partial charge < -0.3 is 9.47 Å². The van der Waals surface area contributed by atoms with Crippen LogP contribution in [0.15, 0.2) is 43.0 Å². The Morgan fingerprint density at radius 3 is 2.83 bits per heavy atom. The fourth-order valence-electron chi connectivity index (χ4n) is 3.74. The summed E-state index contributed by atoms with van der Waals surface area (Å²) in [6, 6.07) is 10.5. The van der Waals surface area contributed by atoms with Crippen molar-refractivity contribution in [1.29, 1.82) is 0 Å². The Balaban J connectivity index is 1.92. The Hall–Kier alpha value is -1.56. The summed E-state index contributed by atoms with van der Waals surface area (Å²) in [5.41, 5.74) is 0.462. The number of unbranched alkanes of at least 4 members (excludes halogenated alkanes) is 1. The van der Waals surface area contributed by atoms with Crippen molar-refractivity contribution >= 4 is 0 Å². The first kappa shape index (κ1) is 16.3. The van der Waals surface area contributed by atoms with E-state index in [-0.39, 0.29) is 11.7 Å². The smallest absolute Gasteiger partial charge is 0.160 e. The molecule has 2 heteroatoms. The molecular weight excluding hydrogens is 284 g/mol. The van der Waals surface area contributed by atoms with E-state index in [9.17, 15) is 0 Å². The Kier molecular flexibility index (Phi) is 4.90. The molecule has 0 radical (unpaired) electrons. The van der Waals surface area contributed by atoms with E-state index in [2.05, 4.69) is 49.6 Å². The standard InChI is InChI=1S/C21H26O2/c1-3-5-9-14-20(22-17-4-2)15-10-11-16-21(20)19(23-21)18-12-7-6-8-13-18/h4,6-8,12-13,19H,2-3,5,10-11,15-17H2,1H3/t19-,20+,21+/m0/s1. The predicted molar refractivity (Wildman–Crippen MR) is 93.0 cm³/mol. The zero-order chi connectivity index (χ0) is 16.2. The number of epoxide rings is 1. The van der Waals surface area contributed by atoms with Gasteiger partial charge in [-0.15, -0.1) is 12.5 Å². The molecule has 0 aromatic heterocycles. The molecule has 2 fully saturated rings. The summed E-state index contributed by atoms with van der Waals surface area (Å²) in [5.74, 6) is 6.81. The van der Waals surface area contributed by atoms with Crippen LogP contribution in [0.2, 0.25) is 0 Å². The van der Waals surface area contributed by atoms with Gasteiger partial charge in [0.1, 0.15) is 11.7 Å². The summed E-state index contributed by atoms with van der Waals surface area (Å²) < 4.78 is 12.6. The number of rotatable bonds is 5. The van der Waals surface area contributed by atoms with Crippen molar-refractivity contribution in [3.8, 4) is 11.8 Å². The molecule has 1 aromatic rings. The van der Waals surface area contributed by atoms with Crippen molar-refractivity contribution in [2.24, 2.45) is 0 Å². The summed E-state index contributed by atoms with van der Waals surface area (Å²) in [7, 11) is 0. The lowest BCUT2D eigenvalue weighted by molar-refractivity contribution is -0.0683. The Morgan fingerprint density at radius 1 is 1.30 bits per heavy atom. The number of ether oxygens (including phenoxy) is 2. The average molecular weight is 310 g/mol. The third kappa shape index (κ3) is 2.96. The largest absolute Gasteiger partial charge is 0.357 e. The highest BCUT2D eigenvalue weighted by atomic mass is 16.6. The number of hydrogen-bond acceptors (Lipinski definition) is 2. The average Bonchev–Trinajstić information content (AvgIpc) is 3.32. The monoisotopic (exact) mass is 310 g/mol. The zero-order valence-corrected chi connectivity index (χ0v) is 14.0. The molecule has 1 saturated carbocycles. The fourth-order valence-corrected chi connectivity index (χ4v) is 3.74. The van der Waals surface area contributed by atoms with Gasteiger partial charge in [-0.2, -0.15) is 0 Å². The van der Waals surface area contributed by atoms with E-state index in [1.165, 1.54) is 12.0 Å². The fraction of sp³-hybridized carbons (Fsp3) is 0.524. The van der Waals surface area contributed by atoms with Crippen molar-refractivity contribution in [3.63, 3.8) is 0 Å². The van der Waals surface area contributed by atoms with Crippen LogP contribution in [0.3, 0.4) is 0 Å². The highest BCUT2D eigenvalue weighted by molar-refractivity contribution is 5.37. The molecule has 2 aliphatic rings. The van der Waals surface area contributed by atoms with Gasteiger partial charge in [0, 0.05) is 6.42 Å². The van der Waals surface area contributed by atoms with Crippen LogP contribution in [0.5, 0.6) is 0 Å². The van der Waals surface area contributed by atoms with Crippen LogP contribution in [-0.4, -0.2) is 17.8 Å². The number of benzene rings is 1. The lowest BCUT2D eigenvalue weighted by Gasteiger charge is -2.38. The van der Waals surface area contributed by atoms with Crippen LogP contribution in [0.25, 0.3) is 0 Å². The summed E-state index contributed by atoms with van der Waals surface area (Å²) in [6.07, 6.45) is 8.18. The topological polar surface area (TPSA) is 21.8 Å². The van der Waals surface area contributed by atoms with E-state index in [0.29, 0.717) is 6.61 Å². The van der Waals surface area contributed by atoms with Gasteiger partial charge in [0.15, 0.2) is 5.60 Å². The molecule has 0 unspecified atom stereocenters. The summed E-state index contributed by atoms with van der Waals surface area (Å²) in [6.45, 7) is 6.48. The predicted octanol–water partition coefficient (Wildman–Crippen LogP) is 4.82. The summed E-state index contributed by atoms with van der Waals surface area (Å²) in [5, 5.41) is 0. The molecule has 1 spiro atoms. The Bertz CT molecular complexity index is 597. The van der Waals surface area contributed by atoms with Crippen LogP contribution in [0, 0.1) is 11.8 Å². The maximum absolute atomic E-state index is 6.31. The normalized spacial score (nSPS) is 32.1. The van der Waals surface area contributed by atoms with Gasteiger partial charge in [-0.05, 0) is 31.2 Å². The van der Waals surface area contributed by atoms with Crippen molar-refractivity contribution < 1.29 is 9.47 Å². The van der Waals surface area contributed by atoms with Crippen molar-refractivity contribution in [2.75, 3.05) is 6.61 Å². The van der Waals surface area contributed by atoms with Crippen LogP contribution in [-0.2, 0) is 9.47 Å². The summed E-state index contributed by atoms with van der Waals surface area (Å²) in [4.78, 5) is 0. The third-order valence-electron chi connectivity index (χ3n) is 4.92.